The van der Waals surface area contributed by atoms with Crippen molar-refractivity contribution in [3.05, 3.63) is 54.2 Å². The number of anilines is 1. The van der Waals surface area contributed by atoms with Gasteiger partial charge in [-0.05, 0) is 18.2 Å². The predicted octanol–water partition coefficient (Wildman–Crippen LogP) is 2.36. The number of nitrogens with zero attached hydrogens (tertiary/aromatic N) is 6. The van der Waals surface area contributed by atoms with Crippen LogP contribution in [-0.4, -0.2) is 42.2 Å². The highest BCUT2D eigenvalue weighted by Gasteiger charge is 2.40. The van der Waals surface area contributed by atoms with Crippen molar-refractivity contribution >= 4 is 17.4 Å². The topological polar surface area (TPSA) is 113 Å². The number of nitrogens with two attached hydrogens (primary N) is 1. The Labute approximate surface area is 160 Å². The van der Waals surface area contributed by atoms with Crippen LogP contribution in [0.25, 0.3) is 22.9 Å². The van der Waals surface area contributed by atoms with Gasteiger partial charge >= 0.3 is 12.1 Å². The molecule has 0 saturated heterocycles. The molecule has 0 bridgehead atoms. The van der Waals surface area contributed by atoms with Crippen LogP contribution >= 0.6 is 0 Å². The van der Waals surface area contributed by atoms with Crippen molar-refractivity contribution in [3.8, 4) is 17.2 Å². The molecule has 4 heterocycles. The largest absolute Gasteiger partial charge is 0.465 e. The Kier molecular flexibility index (Phi) is 4.18. The molecule has 29 heavy (non-hydrogen) atoms. The normalized spacial score (nSPS) is 11.7. The highest BCUT2D eigenvalue weighted by molar-refractivity contribution is 5.96. The third-order valence-corrected chi connectivity index (χ3v) is 4.13. The van der Waals surface area contributed by atoms with Crippen molar-refractivity contribution in [2.24, 2.45) is 0 Å². The molecule has 0 unspecified atom stereocenters. The van der Waals surface area contributed by atoms with Crippen molar-refractivity contribution in [3.63, 3.8) is 0 Å². The molecule has 148 valence electrons. The zero-order chi connectivity index (χ0) is 20.8. The Bertz CT molecular complexity index is 1220. The van der Waals surface area contributed by atoms with E-state index in [2.05, 4.69) is 20.1 Å². The minimum atomic E-state index is -4.81. The fourth-order valence-electron chi connectivity index (χ4n) is 2.90. The number of ether oxygens (including phenoxy) is 1. The number of esters is 1. The minimum absolute atomic E-state index is 0.00207. The first kappa shape index (κ1) is 18.4. The van der Waals surface area contributed by atoms with Crippen LogP contribution in [0.15, 0.2) is 43.0 Å². The monoisotopic (exact) mass is 403 g/mol. The molecule has 4 aromatic rings. The van der Waals surface area contributed by atoms with E-state index >= 15 is 0 Å². The summed E-state index contributed by atoms with van der Waals surface area (Å²) in [6.07, 6.45) is 0.536. The lowest BCUT2D eigenvalue weighted by molar-refractivity contribution is -0.140. The van der Waals surface area contributed by atoms with Crippen molar-refractivity contribution in [1.82, 2.24) is 29.1 Å². The second-order valence-electron chi connectivity index (χ2n) is 5.82. The lowest BCUT2D eigenvalue weighted by atomic mass is 10.1. The number of nitrogen functional groups attached to an aromatic ring is 1. The summed E-state index contributed by atoms with van der Waals surface area (Å²) in [5.41, 5.74) is 4.60. The Hall–Kier alpha value is -3.96. The maximum absolute atomic E-state index is 13.7. The van der Waals surface area contributed by atoms with Crippen LogP contribution in [0.4, 0.5) is 19.0 Å². The molecule has 4 rings (SSSR count). The Balaban J connectivity index is 2.01. The van der Waals surface area contributed by atoms with Crippen molar-refractivity contribution in [2.45, 2.75) is 6.18 Å². The van der Waals surface area contributed by atoms with Crippen molar-refractivity contribution in [2.75, 3.05) is 12.8 Å². The fraction of sp³-hybridized carbons (Fsp3) is 0.118. The summed E-state index contributed by atoms with van der Waals surface area (Å²) >= 11 is 0. The minimum Gasteiger partial charge on any atom is -0.465 e. The van der Waals surface area contributed by atoms with E-state index in [1.165, 1.54) is 54.5 Å². The number of methoxy groups -OCH3 is 1. The Morgan fingerprint density at radius 3 is 2.55 bits per heavy atom. The molecule has 12 heteroatoms. The zero-order valence-electron chi connectivity index (χ0n) is 14.8. The van der Waals surface area contributed by atoms with Crippen LogP contribution < -0.4 is 5.73 Å². The van der Waals surface area contributed by atoms with Gasteiger partial charge in [0.05, 0.1) is 24.6 Å². The van der Waals surface area contributed by atoms with E-state index in [0.29, 0.717) is 0 Å². The van der Waals surface area contributed by atoms with E-state index in [1.54, 1.807) is 0 Å². The number of carbonyl (C=O) groups excluding carboxylic acids is 1. The molecule has 4 aromatic heterocycles. The van der Waals surface area contributed by atoms with Crippen molar-refractivity contribution < 1.29 is 22.7 Å². The first-order valence-corrected chi connectivity index (χ1v) is 8.10. The van der Waals surface area contributed by atoms with Gasteiger partial charge in [-0.25, -0.2) is 19.7 Å². The van der Waals surface area contributed by atoms with Crippen LogP contribution in [0.1, 0.15) is 16.1 Å². The van der Waals surface area contributed by atoms with Crippen molar-refractivity contribution in [1.29, 1.82) is 0 Å². The standard InChI is InChI=1S/C17H12F3N7O2/c1-29-15(28)9-4-2-7-26-10(8-24-14(9)26)11-12(17(18,19)20)25-27(13(11)21)16-22-5-3-6-23-16/h2-8H,21H2,1H3. The lowest BCUT2D eigenvalue weighted by Gasteiger charge is -2.08. The molecular weight excluding hydrogens is 391 g/mol. The summed E-state index contributed by atoms with van der Waals surface area (Å²) in [6, 6.07) is 4.44. The summed E-state index contributed by atoms with van der Waals surface area (Å²) in [7, 11) is 1.19. The number of carbonyl (C=O) groups is 1. The first-order valence-electron chi connectivity index (χ1n) is 8.10. The maximum Gasteiger partial charge on any atom is 0.435 e. The van der Waals surface area contributed by atoms with Crippen LogP contribution in [0.2, 0.25) is 0 Å². The number of halogens is 3. The molecule has 0 aliphatic carbocycles. The van der Waals surface area contributed by atoms with E-state index in [0.717, 1.165) is 4.68 Å². The van der Waals surface area contributed by atoms with Crippen LogP contribution in [0.3, 0.4) is 0 Å². The van der Waals surface area contributed by atoms with Gasteiger partial charge in [0, 0.05) is 18.6 Å². The lowest BCUT2D eigenvalue weighted by Crippen LogP contribution is -2.10. The van der Waals surface area contributed by atoms with Gasteiger partial charge in [0.1, 0.15) is 11.4 Å². The highest BCUT2D eigenvalue weighted by atomic mass is 19.4. The Morgan fingerprint density at radius 1 is 1.17 bits per heavy atom. The number of fused-ring (bicyclic) bond motifs is 1. The number of hydrogen-bond acceptors (Lipinski definition) is 7. The molecule has 2 N–H and O–H groups in total. The third kappa shape index (κ3) is 2.94. The smallest absolute Gasteiger partial charge is 0.435 e. The van der Waals surface area contributed by atoms with E-state index in [9.17, 15) is 18.0 Å². The molecule has 0 radical (unpaired) electrons. The SMILES string of the molecule is COC(=O)c1cccn2c(-c3c(C(F)(F)F)nn(-c4ncccn4)c3N)cnc12. The van der Waals surface area contributed by atoms with E-state index in [4.69, 9.17) is 10.5 Å². The summed E-state index contributed by atoms with van der Waals surface area (Å²) in [5.74, 6) is -1.12. The molecule has 0 aliphatic heterocycles. The molecule has 0 aliphatic rings. The number of alkyl halides is 3. The average Bonchev–Trinajstić information content (AvgIpc) is 3.28. The van der Waals surface area contributed by atoms with Gasteiger partial charge in [-0.15, -0.1) is 0 Å². The van der Waals surface area contributed by atoms with Gasteiger partial charge in [0.15, 0.2) is 11.3 Å². The number of imidazole rings is 1. The molecular formula is C17H12F3N7O2. The molecule has 9 nitrogen and oxygen atoms in total. The predicted molar refractivity (Wildman–Crippen MR) is 94.1 cm³/mol. The maximum atomic E-state index is 13.7. The van der Waals surface area contributed by atoms with E-state index < -0.39 is 23.4 Å². The third-order valence-electron chi connectivity index (χ3n) is 4.13. The van der Waals surface area contributed by atoms with Crippen LogP contribution in [0, 0.1) is 0 Å². The van der Waals surface area contributed by atoms with Gasteiger partial charge < -0.3 is 10.5 Å². The van der Waals surface area contributed by atoms with Gasteiger partial charge in [-0.3, -0.25) is 4.40 Å². The van der Waals surface area contributed by atoms with Crippen LogP contribution in [-0.2, 0) is 10.9 Å². The molecule has 0 amide bonds. The van der Waals surface area contributed by atoms with E-state index in [-0.39, 0.29) is 28.7 Å². The molecule has 0 saturated carbocycles. The average molecular weight is 403 g/mol. The quantitative estimate of drug-likeness (QED) is 0.523. The number of rotatable bonds is 3. The van der Waals surface area contributed by atoms with Crippen LogP contribution in [0.5, 0.6) is 0 Å². The van der Waals surface area contributed by atoms with Gasteiger partial charge in [-0.1, -0.05) is 0 Å². The summed E-state index contributed by atoms with van der Waals surface area (Å²) in [5, 5.41) is 3.60. The highest BCUT2D eigenvalue weighted by Crippen LogP contribution is 2.40. The van der Waals surface area contributed by atoms with Gasteiger partial charge in [0.25, 0.3) is 5.95 Å². The van der Waals surface area contributed by atoms with Gasteiger partial charge in [-0.2, -0.15) is 23.0 Å². The Morgan fingerprint density at radius 2 is 1.90 bits per heavy atom. The summed E-state index contributed by atoms with van der Waals surface area (Å²) in [6.45, 7) is 0. The number of pyridine rings is 1. The molecule has 0 atom stereocenters. The first-order chi connectivity index (χ1) is 13.8. The summed E-state index contributed by atoms with van der Waals surface area (Å²) in [4.78, 5) is 23.8. The van der Waals surface area contributed by atoms with Gasteiger partial charge in [0.2, 0.25) is 0 Å². The molecule has 0 spiro atoms. The second-order valence-corrected chi connectivity index (χ2v) is 5.82. The zero-order valence-corrected chi connectivity index (χ0v) is 14.8. The number of aromatic nitrogens is 6. The number of hydrogen-bond donors (Lipinski definition) is 1. The summed E-state index contributed by atoms with van der Waals surface area (Å²) < 4.78 is 48.0. The molecule has 0 fully saturated rings. The fourth-order valence-corrected chi connectivity index (χ4v) is 2.90. The second kappa shape index (κ2) is 6.58. The molecule has 0 aromatic carbocycles. The van der Waals surface area contributed by atoms with E-state index in [1.807, 2.05) is 0 Å².